The lowest BCUT2D eigenvalue weighted by Crippen LogP contribution is -2.06. The van der Waals surface area contributed by atoms with E-state index in [9.17, 15) is 0 Å². The van der Waals surface area contributed by atoms with Crippen LogP contribution in [-0.2, 0) is 6.54 Å². The Bertz CT molecular complexity index is 785. The van der Waals surface area contributed by atoms with Crippen molar-refractivity contribution in [1.82, 2.24) is 20.2 Å². The van der Waals surface area contributed by atoms with Crippen LogP contribution in [0.3, 0.4) is 0 Å². The van der Waals surface area contributed by atoms with E-state index in [0.717, 1.165) is 5.56 Å². The number of nitrogens with two attached hydrogens (primary N) is 1. The molecule has 0 saturated carbocycles. The molecule has 0 aliphatic heterocycles. The Balaban J connectivity index is 2.02. The normalized spacial score (nSPS) is 10.8. The summed E-state index contributed by atoms with van der Waals surface area (Å²) in [5, 5.41) is 13.0. The SMILES string of the molecule is Nc1ccc(Cl)cc1-c1nnnn1Cc1ccccc1Cl. The summed E-state index contributed by atoms with van der Waals surface area (Å²) >= 11 is 12.2. The molecule has 2 N–H and O–H groups in total. The summed E-state index contributed by atoms with van der Waals surface area (Å²) in [5.41, 5.74) is 8.16. The topological polar surface area (TPSA) is 69.6 Å². The molecule has 0 aliphatic rings. The van der Waals surface area contributed by atoms with Crippen LogP contribution >= 0.6 is 23.2 Å². The lowest BCUT2D eigenvalue weighted by molar-refractivity contribution is 0.653. The number of anilines is 1. The molecule has 0 aliphatic carbocycles. The average Bonchev–Trinajstić information content (AvgIpc) is 2.92. The maximum absolute atomic E-state index is 6.17. The Labute approximate surface area is 131 Å². The number of hydrogen-bond donors (Lipinski definition) is 1. The van der Waals surface area contributed by atoms with Gasteiger partial charge in [-0.15, -0.1) is 5.10 Å². The molecular formula is C14H11Cl2N5. The lowest BCUT2D eigenvalue weighted by Gasteiger charge is -2.08. The number of halogens is 2. The summed E-state index contributed by atoms with van der Waals surface area (Å²) in [6.45, 7) is 0.452. The largest absolute Gasteiger partial charge is 0.398 e. The fourth-order valence-electron chi connectivity index (χ4n) is 2.01. The van der Waals surface area contributed by atoms with Gasteiger partial charge < -0.3 is 5.73 Å². The molecule has 106 valence electrons. The first-order chi connectivity index (χ1) is 10.1. The van der Waals surface area contributed by atoms with Crippen molar-refractivity contribution in [2.45, 2.75) is 6.54 Å². The van der Waals surface area contributed by atoms with E-state index in [1.807, 2.05) is 24.3 Å². The van der Waals surface area contributed by atoms with Gasteiger partial charge in [0.1, 0.15) is 0 Å². The van der Waals surface area contributed by atoms with Crippen molar-refractivity contribution in [3.8, 4) is 11.4 Å². The molecule has 0 saturated heterocycles. The summed E-state index contributed by atoms with van der Waals surface area (Å²) < 4.78 is 1.64. The molecule has 0 bridgehead atoms. The van der Waals surface area contributed by atoms with Crippen LogP contribution in [0.5, 0.6) is 0 Å². The molecule has 0 unspecified atom stereocenters. The third-order valence-electron chi connectivity index (χ3n) is 3.07. The van der Waals surface area contributed by atoms with Gasteiger partial charge in [0.15, 0.2) is 5.82 Å². The number of hydrogen-bond acceptors (Lipinski definition) is 4. The minimum atomic E-state index is 0.452. The molecule has 0 radical (unpaired) electrons. The summed E-state index contributed by atoms with van der Waals surface area (Å²) in [6.07, 6.45) is 0. The molecule has 5 nitrogen and oxygen atoms in total. The van der Waals surface area contributed by atoms with E-state index in [0.29, 0.717) is 33.7 Å². The number of nitrogen functional groups attached to an aromatic ring is 1. The van der Waals surface area contributed by atoms with Crippen molar-refractivity contribution in [3.63, 3.8) is 0 Å². The third-order valence-corrected chi connectivity index (χ3v) is 3.67. The van der Waals surface area contributed by atoms with Gasteiger partial charge in [-0.3, -0.25) is 0 Å². The summed E-state index contributed by atoms with van der Waals surface area (Å²) in [5.74, 6) is 0.551. The van der Waals surface area contributed by atoms with Crippen LogP contribution in [0.25, 0.3) is 11.4 Å². The zero-order valence-corrected chi connectivity index (χ0v) is 12.4. The van der Waals surface area contributed by atoms with Crippen LogP contribution in [0, 0.1) is 0 Å². The van der Waals surface area contributed by atoms with E-state index < -0.39 is 0 Å². The highest BCUT2D eigenvalue weighted by molar-refractivity contribution is 6.31. The monoisotopic (exact) mass is 319 g/mol. The zero-order chi connectivity index (χ0) is 14.8. The second kappa shape index (κ2) is 5.71. The van der Waals surface area contributed by atoms with Crippen molar-refractivity contribution in [2.24, 2.45) is 0 Å². The van der Waals surface area contributed by atoms with Gasteiger partial charge in [-0.2, -0.15) is 0 Å². The zero-order valence-electron chi connectivity index (χ0n) is 10.9. The average molecular weight is 320 g/mol. The molecule has 1 aromatic heterocycles. The maximum atomic E-state index is 6.17. The molecule has 2 aromatic carbocycles. The Morgan fingerprint density at radius 1 is 1.10 bits per heavy atom. The van der Waals surface area contributed by atoms with E-state index in [-0.39, 0.29) is 0 Å². The van der Waals surface area contributed by atoms with Gasteiger partial charge in [0.2, 0.25) is 0 Å². The second-order valence-corrected chi connectivity index (χ2v) is 5.33. The quantitative estimate of drug-likeness (QED) is 0.752. The van der Waals surface area contributed by atoms with Gasteiger partial charge in [0.25, 0.3) is 0 Å². The van der Waals surface area contributed by atoms with Crippen LogP contribution in [0.2, 0.25) is 10.0 Å². The van der Waals surface area contributed by atoms with Crippen LogP contribution in [0.4, 0.5) is 5.69 Å². The Morgan fingerprint density at radius 3 is 2.71 bits per heavy atom. The smallest absolute Gasteiger partial charge is 0.184 e. The first-order valence-electron chi connectivity index (χ1n) is 6.20. The molecule has 0 spiro atoms. The van der Waals surface area contributed by atoms with Crippen molar-refractivity contribution >= 4 is 28.9 Å². The lowest BCUT2D eigenvalue weighted by atomic mass is 10.1. The summed E-state index contributed by atoms with van der Waals surface area (Å²) in [7, 11) is 0. The number of tetrazole rings is 1. The van der Waals surface area contributed by atoms with Crippen molar-refractivity contribution < 1.29 is 0 Å². The van der Waals surface area contributed by atoms with Crippen LogP contribution in [0.1, 0.15) is 5.56 Å². The van der Waals surface area contributed by atoms with Crippen molar-refractivity contribution in [1.29, 1.82) is 0 Å². The van der Waals surface area contributed by atoms with Crippen LogP contribution in [0.15, 0.2) is 42.5 Å². The molecule has 3 aromatic rings. The second-order valence-electron chi connectivity index (χ2n) is 4.48. The highest BCUT2D eigenvalue weighted by atomic mass is 35.5. The summed E-state index contributed by atoms with van der Waals surface area (Å²) in [6, 6.07) is 12.7. The van der Waals surface area contributed by atoms with Crippen LogP contribution in [-0.4, -0.2) is 20.2 Å². The standard InChI is InChI=1S/C14H11Cl2N5/c15-10-5-6-13(17)11(7-10)14-18-19-20-21(14)8-9-3-1-2-4-12(9)16/h1-7H,8,17H2. The predicted molar refractivity (Wildman–Crippen MR) is 83.2 cm³/mol. The van der Waals surface area contributed by atoms with E-state index >= 15 is 0 Å². The van der Waals surface area contributed by atoms with Gasteiger partial charge in [-0.25, -0.2) is 4.68 Å². The Kier molecular flexibility index (Phi) is 3.77. The molecule has 7 heteroatoms. The maximum Gasteiger partial charge on any atom is 0.184 e. The van der Waals surface area contributed by atoms with Gasteiger partial charge in [-0.1, -0.05) is 41.4 Å². The first kappa shape index (κ1) is 13.9. The molecule has 21 heavy (non-hydrogen) atoms. The van der Waals surface area contributed by atoms with Gasteiger partial charge >= 0.3 is 0 Å². The summed E-state index contributed by atoms with van der Waals surface area (Å²) in [4.78, 5) is 0. The Morgan fingerprint density at radius 2 is 1.90 bits per heavy atom. The molecule has 0 amide bonds. The molecule has 1 heterocycles. The predicted octanol–water partition coefficient (Wildman–Crippen LogP) is 3.28. The fraction of sp³-hybridized carbons (Fsp3) is 0.0714. The van der Waals surface area contributed by atoms with E-state index in [1.54, 1.807) is 22.9 Å². The highest BCUT2D eigenvalue weighted by Gasteiger charge is 2.13. The fourth-order valence-corrected chi connectivity index (χ4v) is 2.38. The minimum Gasteiger partial charge on any atom is -0.398 e. The minimum absolute atomic E-state index is 0.452. The Hall–Kier alpha value is -2.11. The molecule has 0 atom stereocenters. The van der Waals surface area contributed by atoms with Crippen LogP contribution < -0.4 is 5.73 Å². The number of nitrogens with zero attached hydrogens (tertiary/aromatic N) is 4. The van der Waals surface area contributed by atoms with Crippen molar-refractivity contribution in [3.05, 3.63) is 58.1 Å². The number of aromatic nitrogens is 4. The van der Waals surface area contributed by atoms with Gasteiger partial charge in [-0.05, 0) is 40.3 Å². The van der Waals surface area contributed by atoms with E-state index in [1.165, 1.54) is 0 Å². The van der Waals surface area contributed by atoms with Gasteiger partial charge in [0.05, 0.1) is 6.54 Å². The van der Waals surface area contributed by atoms with Gasteiger partial charge in [0, 0.05) is 21.3 Å². The number of benzene rings is 2. The first-order valence-corrected chi connectivity index (χ1v) is 6.95. The molecular weight excluding hydrogens is 309 g/mol. The van der Waals surface area contributed by atoms with E-state index in [4.69, 9.17) is 28.9 Å². The highest BCUT2D eigenvalue weighted by Crippen LogP contribution is 2.27. The number of rotatable bonds is 3. The van der Waals surface area contributed by atoms with E-state index in [2.05, 4.69) is 15.5 Å². The molecule has 3 rings (SSSR count). The van der Waals surface area contributed by atoms with Crippen molar-refractivity contribution in [2.75, 3.05) is 5.73 Å². The molecule has 0 fully saturated rings. The third kappa shape index (κ3) is 2.84.